The highest BCUT2D eigenvalue weighted by molar-refractivity contribution is 8.01. The Bertz CT molecular complexity index is 963. The van der Waals surface area contributed by atoms with Crippen molar-refractivity contribution in [2.75, 3.05) is 24.2 Å². The fourth-order valence-corrected chi connectivity index (χ4v) is 4.53. The molecule has 0 radical (unpaired) electrons. The van der Waals surface area contributed by atoms with Gasteiger partial charge in [0.05, 0.1) is 31.6 Å². The van der Waals surface area contributed by atoms with Crippen molar-refractivity contribution in [1.29, 1.82) is 0 Å². The monoisotopic (exact) mass is 436 g/mol. The summed E-state index contributed by atoms with van der Waals surface area (Å²) in [6.07, 6.45) is 0.699. The van der Waals surface area contributed by atoms with Gasteiger partial charge in [-0.1, -0.05) is 35.5 Å². The van der Waals surface area contributed by atoms with Gasteiger partial charge in [-0.05, 0) is 24.6 Å². The molecule has 1 heterocycles. The Morgan fingerprint density at radius 3 is 2.82 bits per heavy atom. The van der Waals surface area contributed by atoms with E-state index in [9.17, 15) is 14.9 Å². The molecule has 146 valence electrons. The minimum atomic E-state index is -0.489. The third kappa shape index (κ3) is 5.57. The second-order valence-electron chi connectivity index (χ2n) is 5.79. The van der Waals surface area contributed by atoms with Crippen LogP contribution in [-0.2, 0) is 4.79 Å². The van der Waals surface area contributed by atoms with Crippen LogP contribution in [-0.4, -0.2) is 34.7 Å². The predicted octanol–water partition coefficient (Wildman–Crippen LogP) is 4.57. The molecule has 10 heteroatoms. The molecule has 3 aromatic rings. The summed E-state index contributed by atoms with van der Waals surface area (Å²) < 4.78 is 1.99. The van der Waals surface area contributed by atoms with Crippen LogP contribution in [0.5, 0.6) is 0 Å². The average molecular weight is 437 g/mol. The molecule has 0 bridgehead atoms. The summed E-state index contributed by atoms with van der Waals surface area (Å²) in [4.78, 5) is 26.7. The second kappa shape index (κ2) is 9.72. The van der Waals surface area contributed by atoms with Crippen molar-refractivity contribution in [2.45, 2.75) is 10.8 Å². The summed E-state index contributed by atoms with van der Waals surface area (Å²) >= 11 is 9.03. The van der Waals surface area contributed by atoms with Crippen LogP contribution in [0.25, 0.3) is 10.2 Å². The van der Waals surface area contributed by atoms with Crippen molar-refractivity contribution in [1.82, 2.24) is 10.3 Å². The van der Waals surface area contributed by atoms with Gasteiger partial charge in [0.2, 0.25) is 5.91 Å². The van der Waals surface area contributed by atoms with Gasteiger partial charge in [-0.25, -0.2) is 4.98 Å². The largest absolute Gasteiger partial charge is 0.384 e. The number of benzene rings is 2. The molecule has 1 amide bonds. The summed E-state index contributed by atoms with van der Waals surface area (Å²) in [5, 5.41) is 17.0. The molecule has 0 fully saturated rings. The molecule has 0 unspecified atom stereocenters. The highest BCUT2D eigenvalue weighted by Gasteiger charge is 2.09. The molecule has 0 aliphatic heterocycles. The van der Waals surface area contributed by atoms with E-state index in [1.54, 1.807) is 17.4 Å². The summed E-state index contributed by atoms with van der Waals surface area (Å²) in [7, 11) is 0. The Labute approximate surface area is 174 Å². The Kier molecular flexibility index (Phi) is 7.07. The van der Waals surface area contributed by atoms with Gasteiger partial charge in [0.1, 0.15) is 0 Å². The molecule has 2 N–H and O–H groups in total. The number of carbonyl (C=O) groups is 1. The van der Waals surface area contributed by atoms with Crippen LogP contribution in [0, 0.1) is 10.1 Å². The number of nitrogens with zero attached hydrogens (tertiary/aromatic N) is 2. The molecule has 0 aliphatic rings. The van der Waals surface area contributed by atoms with Crippen molar-refractivity contribution in [3.8, 4) is 0 Å². The van der Waals surface area contributed by atoms with Gasteiger partial charge >= 0.3 is 0 Å². The van der Waals surface area contributed by atoms with Crippen LogP contribution in [0.2, 0.25) is 5.02 Å². The first-order valence-corrected chi connectivity index (χ1v) is 10.6. The molecule has 3 rings (SSSR count). The number of aromatic nitrogens is 1. The topological polar surface area (TPSA) is 97.2 Å². The molecule has 2 aromatic carbocycles. The van der Waals surface area contributed by atoms with Crippen LogP contribution in [0.1, 0.15) is 6.42 Å². The standard InChI is InChI=1S/C18H17ClN4O3S2/c19-13-10-12(23(25)26)6-7-14(13)20-8-3-9-21-17(24)11-27-18-22-15-4-1-2-5-16(15)28-18/h1-2,4-7,10,20H,3,8-9,11H2,(H,21,24). The Balaban J connectivity index is 1.35. The second-order valence-corrected chi connectivity index (χ2v) is 8.45. The molecule has 0 atom stereocenters. The number of para-hydroxylation sites is 1. The number of non-ortho nitro benzene ring substituents is 1. The SMILES string of the molecule is O=C(CSc1nc2ccccc2s1)NCCCNc1ccc([N+](=O)[O-])cc1Cl. The van der Waals surface area contributed by atoms with E-state index in [4.69, 9.17) is 11.6 Å². The number of nitrogens with one attached hydrogen (secondary N) is 2. The third-order valence-corrected chi connectivity index (χ3v) is 6.25. The zero-order chi connectivity index (χ0) is 19.9. The first-order valence-electron chi connectivity index (χ1n) is 8.46. The molecule has 0 aliphatic carbocycles. The number of hydrogen-bond donors (Lipinski definition) is 2. The summed E-state index contributed by atoms with van der Waals surface area (Å²) in [6.45, 7) is 1.11. The van der Waals surface area contributed by atoms with Crippen molar-refractivity contribution >= 4 is 62.2 Å². The van der Waals surface area contributed by atoms with Crippen LogP contribution in [0.4, 0.5) is 11.4 Å². The number of thiazole rings is 1. The first kappa shape index (κ1) is 20.4. The van der Waals surface area contributed by atoms with Gasteiger partial charge in [0.25, 0.3) is 5.69 Å². The molecule has 0 saturated heterocycles. The minimum Gasteiger partial charge on any atom is -0.384 e. The third-order valence-electron chi connectivity index (χ3n) is 3.76. The average Bonchev–Trinajstić information content (AvgIpc) is 3.10. The maximum atomic E-state index is 12.0. The number of halogens is 1. The Morgan fingerprint density at radius 1 is 1.25 bits per heavy atom. The predicted molar refractivity (Wildman–Crippen MR) is 115 cm³/mol. The van der Waals surface area contributed by atoms with E-state index in [2.05, 4.69) is 15.6 Å². The number of amides is 1. The highest BCUT2D eigenvalue weighted by Crippen LogP contribution is 2.29. The zero-order valence-corrected chi connectivity index (χ0v) is 17.1. The number of nitro groups is 1. The van der Waals surface area contributed by atoms with Crippen molar-refractivity contribution < 1.29 is 9.72 Å². The van der Waals surface area contributed by atoms with E-state index in [0.29, 0.717) is 36.0 Å². The van der Waals surface area contributed by atoms with Crippen molar-refractivity contribution in [3.63, 3.8) is 0 Å². The van der Waals surface area contributed by atoms with Crippen LogP contribution in [0.3, 0.4) is 0 Å². The molecular weight excluding hydrogens is 420 g/mol. The summed E-state index contributed by atoms with van der Waals surface area (Å²) in [6, 6.07) is 12.2. The van der Waals surface area contributed by atoms with Crippen molar-refractivity contribution in [3.05, 3.63) is 57.6 Å². The van der Waals surface area contributed by atoms with Gasteiger partial charge in [-0.2, -0.15) is 0 Å². The smallest absolute Gasteiger partial charge is 0.271 e. The number of anilines is 1. The van der Waals surface area contributed by atoms with Crippen LogP contribution in [0.15, 0.2) is 46.8 Å². The molecule has 28 heavy (non-hydrogen) atoms. The lowest BCUT2D eigenvalue weighted by Crippen LogP contribution is -2.27. The first-order chi connectivity index (χ1) is 13.5. The van der Waals surface area contributed by atoms with E-state index >= 15 is 0 Å². The molecule has 1 aromatic heterocycles. The van der Waals surface area contributed by atoms with E-state index < -0.39 is 4.92 Å². The maximum absolute atomic E-state index is 12.0. The van der Waals surface area contributed by atoms with Gasteiger partial charge in [0, 0.05) is 25.2 Å². The Hall–Kier alpha value is -2.36. The summed E-state index contributed by atoms with van der Waals surface area (Å²) in [5.41, 5.74) is 1.53. The van der Waals surface area contributed by atoms with Gasteiger partial charge in [-0.3, -0.25) is 14.9 Å². The molecule has 0 spiro atoms. The number of rotatable bonds is 9. The lowest BCUT2D eigenvalue weighted by Gasteiger charge is -2.09. The van der Waals surface area contributed by atoms with Crippen molar-refractivity contribution in [2.24, 2.45) is 0 Å². The molecular formula is C18H17ClN4O3S2. The lowest BCUT2D eigenvalue weighted by atomic mass is 10.2. The summed E-state index contributed by atoms with van der Waals surface area (Å²) in [5.74, 6) is 0.277. The molecule has 7 nitrogen and oxygen atoms in total. The van der Waals surface area contributed by atoms with E-state index in [1.165, 1.54) is 23.9 Å². The van der Waals surface area contributed by atoms with Gasteiger partial charge < -0.3 is 10.6 Å². The fourth-order valence-electron chi connectivity index (χ4n) is 2.39. The zero-order valence-electron chi connectivity index (χ0n) is 14.7. The van der Waals surface area contributed by atoms with Gasteiger partial charge in [-0.15, -0.1) is 11.3 Å². The number of thioether (sulfide) groups is 1. The lowest BCUT2D eigenvalue weighted by molar-refractivity contribution is -0.384. The number of carbonyl (C=O) groups excluding carboxylic acids is 1. The quantitative estimate of drug-likeness (QED) is 0.221. The highest BCUT2D eigenvalue weighted by atomic mass is 35.5. The van der Waals surface area contributed by atoms with E-state index in [1.807, 2.05) is 24.3 Å². The minimum absolute atomic E-state index is 0.0439. The fraction of sp³-hybridized carbons (Fsp3) is 0.222. The number of hydrogen-bond acceptors (Lipinski definition) is 7. The van der Waals surface area contributed by atoms with Crippen LogP contribution >= 0.6 is 34.7 Å². The number of fused-ring (bicyclic) bond motifs is 1. The van der Waals surface area contributed by atoms with E-state index in [-0.39, 0.29) is 11.6 Å². The Morgan fingerprint density at radius 2 is 2.07 bits per heavy atom. The molecule has 0 saturated carbocycles. The number of nitro benzene ring substituents is 1. The normalized spacial score (nSPS) is 10.8. The maximum Gasteiger partial charge on any atom is 0.271 e. The van der Waals surface area contributed by atoms with Gasteiger partial charge in [0.15, 0.2) is 4.34 Å². The van der Waals surface area contributed by atoms with E-state index in [0.717, 1.165) is 14.6 Å². The van der Waals surface area contributed by atoms with Crippen LogP contribution < -0.4 is 10.6 Å².